The molecule has 0 N–H and O–H groups in total. The molecular weight excluding hydrogens is 282 g/mol. The van der Waals surface area contributed by atoms with Crippen LogP contribution in [0.1, 0.15) is 17.9 Å². The average molecular weight is 300 g/mol. The first kappa shape index (κ1) is 13.7. The van der Waals surface area contributed by atoms with Gasteiger partial charge in [-0.05, 0) is 68.0 Å². The lowest BCUT2D eigenvalue weighted by Gasteiger charge is -2.37. The van der Waals surface area contributed by atoms with Crippen molar-refractivity contribution in [1.29, 1.82) is 0 Å². The molecule has 2 heterocycles. The van der Waals surface area contributed by atoms with Crippen molar-refractivity contribution >= 4 is 11.4 Å². The summed E-state index contributed by atoms with van der Waals surface area (Å²) in [5.41, 5.74) is 3.10. The summed E-state index contributed by atoms with van der Waals surface area (Å²) in [6, 6.07) is 11.9. The highest BCUT2D eigenvalue weighted by molar-refractivity contribution is 5.73. The first-order valence-electron chi connectivity index (χ1n) is 7.66. The third kappa shape index (κ3) is 2.10. The molecule has 0 aliphatic carbocycles. The Hall–Kier alpha value is -1.94. The van der Waals surface area contributed by atoms with Gasteiger partial charge in [0.2, 0.25) is 0 Å². The maximum absolute atomic E-state index is 13.7. The van der Waals surface area contributed by atoms with Crippen molar-refractivity contribution in [3.63, 3.8) is 0 Å². The molecule has 2 aliphatic heterocycles. The molecule has 0 bridgehead atoms. The zero-order valence-electron chi connectivity index (χ0n) is 12.5. The van der Waals surface area contributed by atoms with Gasteiger partial charge in [0.25, 0.3) is 0 Å². The Labute approximate surface area is 129 Å². The van der Waals surface area contributed by atoms with Gasteiger partial charge in [0.05, 0.1) is 0 Å². The van der Waals surface area contributed by atoms with Crippen LogP contribution >= 0.6 is 0 Å². The minimum Gasteiger partial charge on any atom is -0.337 e. The Morgan fingerprint density at radius 3 is 2.50 bits per heavy atom. The Morgan fingerprint density at radius 1 is 1.00 bits per heavy atom. The number of hydrogen-bond acceptors (Lipinski definition) is 2. The van der Waals surface area contributed by atoms with Crippen LogP contribution in [0.2, 0.25) is 0 Å². The van der Waals surface area contributed by atoms with Gasteiger partial charge in [-0.3, -0.25) is 0 Å². The van der Waals surface area contributed by atoms with E-state index in [1.807, 2.05) is 18.2 Å². The van der Waals surface area contributed by atoms with Crippen LogP contribution in [0, 0.1) is 11.6 Å². The summed E-state index contributed by atoms with van der Waals surface area (Å²) in [4.78, 5) is 4.55. The third-order valence-electron chi connectivity index (χ3n) is 4.86. The van der Waals surface area contributed by atoms with E-state index in [1.165, 1.54) is 18.2 Å². The first-order valence-corrected chi connectivity index (χ1v) is 7.66. The van der Waals surface area contributed by atoms with E-state index in [9.17, 15) is 8.78 Å². The lowest BCUT2D eigenvalue weighted by atomic mass is 9.89. The summed E-state index contributed by atoms with van der Waals surface area (Å²) in [6.07, 6.45) is 1.02. The van der Waals surface area contributed by atoms with Gasteiger partial charge in [0.15, 0.2) is 0 Å². The van der Waals surface area contributed by atoms with Gasteiger partial charge in [0.1, 0.15) is 11.6 Å². The minimum absolute atomic E-state index is 0.188. The van der Waals surface area contributed by atoms with Gasteiger partial charge in [-0.2, -0.15) is 0 Å². The van der Waals surface area contributed by atoms with Crippen molar-refractivity contribution in [2.45, 2.75) is 18.4 Å². The predicted octanol–water partition coefficient (Wildman–Crippen LogP) is 3.90. The van der Waals surface area contributed by atoms with E-state index < -0.39 is 0 Å². The number of likely N-dealkylation sites (tertiary alicyclic amines) is 1. The van der Waals surface area contributed by atoms with Gasteiger partial charge in [-0.25, -0.2) is 8.78 Å². The number of anilines is 2. The highest BCUT2D eigenvalue weighted by Gasteiger charge is 2.41. The normalized spacial score (nSPS) is 24.2. The van der Waals surface area contributed by atoms with Crippen LogP contribution in [0.5, 0.6) is 0 Å². The number of likely N-dealkylation sites (N-methyl/N-ethyl adjacent to an activating group) is 1. The smallest absolute Gasteiger partial charge is 0.123 e. The van der Waals surface area contributed by atoms with E-state index in [-0.39, 0.29) is 11.6 Å². The lowest BCUT2D eigenvalue weighted by molar-refractivity contribution is 0.236. The molecule has 2 aliphatic rings. The molecule has 1 saturated heterocycles. The highest BCUT2D eigenvalue weighted by atomic mass is 19.1. The van der Waals surface area contributed by atoms with Gasteiger partial charge in [-0.15, -0.1) is 0 Å². The van der Waals surface area contributed by atoms with E-state index >= 15 is 0 Å². The molecule has 2 nitrogen and oxygen atoms in total. The molecule has 1 fully saturated rings. The van der Waals surface area contributed by atoms with Crippen molar-refractivity contribution < 1.29 is 8.78 Å². The molecule has 0 unspecified atom stereocenters. The molecule has 4 rings (SSSR count). The molecule has 0 spiro atoms. The van der Waals surface area contributed by atoms with Crippen molar-refractivity contribution in [2.75, 3.05) is 25.0 Å². The summed E-state index contributed by atoms with van der Waals surface area (Å²) in [5.74, 6) is -0.122. The van der Waals surface area contributed by atoms with Crippen LogP contribution in [0.3, 0.4) is 0 Å². The first-order chi connectivity index (χ1) is 10.6. The zero-order chi connectivity index (χ0) is 15.3. The summed E-state index contributed by atoms with van der Waals surface area (Å²) in [7, 11) is 2.11. The topological polar surface area (TPSA) is 6.48 Å². The molecule has 22 heavy (non-hydrogen) atoms. The number of benzene rings is 2. The van der Waals surface area contributed by atoms with E-state index in [1.54, 1.807) is 6.07 Å². The van der Waals surface area contributed by atoms with Gasteiger partial charge < -0.3 is 9.80 Å². The quantitative estimate of drug-likeness (QED) is 0.788. The monoisotopic (exact) mass is 300 g/mol. The Bertz CT molecular complexity index is 699. The third-order valence-corrected chi connectivity index (χ3v) is 4.86. The van der Waals surface area contributed by atoms with E-state index in [2.05, 4.69) is 16.8 Å². The SMILES string of the molecule is CN1CC[C@@H]2[C@@H](C1)c1cc(F)ccc1N2c1ccc(F)cc1. The van der Waals surface area contributed by atoms with E-state index in [4.69, 9.17) is 0 Å². The number of nitrogens with zero attached hydrogens (tertiary/aromatic N) is 2. The molecule has 0 radical (unpaired) electrons. The second-order valence-electron chi connectivity index (χ2n) is 6.27. The molecule has 2 aromatic rings. The largest absolute Gasteiger partial charge is 0.337 e. The number of piperidine rings is 1. The summed E-state index contributed by atoms with van der Waals surface area (Å²) in [6.45, 7) is 1.95. The molecule has 0 saturated carbocycles. The number of fused-ring (bicyclic) bond motifs is 3. The standard InChI is InChI=1S/C18H18F2N2/c1-21-9-8-18-16(11-21)15-10-13(20)4-7-17(15)22(18)14-5-2-12(19)3-6-14/h2-7,10,16,18H,8-9,11H2,1H3/t16-,18+/m0/s1. The average Bonchev–Trinajstić information content (AvgIpc) is 2.81. The second kappa shape index (κ2) is 5.06. The fourth-order valence-corrected chi connectivity index (χ4v) is 3.87. The molecule has 2 atom stereocenters. The molecule has 0 aromatic heterocycles. The van der Waals surface area contributed by atoms with Crippen LogP contribution in [-0.4, -0.2) is 31.1 Å². The Kier molecular flexibility index (Phi) is 3.15. The lowest BCUT2D eigenvalue weighted by Crippen LogP contribution is -2.43. The number of halogens is 2. The molecule has 114 valence electrons. The Balaban J connectivity index is 1.83. The molecule has 4 heteroatoms. The van der Waals surface area contributed by atoms with Crippen molar-refractivity contribution in [3.8, 4) is 0 Å². The maximum atomic E-state index is 13.7. The van der Waals surface area contributed by atoms with Gasteiger partial charge in [-0.1, -0.05) is 0 Å². The zero-order valence-corrected chi connectivity index (χ0v) is 12.5. The summed E-state index contributed by atoms with van der Waals surface area (Å²) >= 11 is 0. The van der Waals surface area contributed by atoms with E-state index in [0.717, 1.165) is 36.4 Å². The summed E-state index contributed by atoms with van der Waals surface area (Å²) in [5, 5.41) is 0. The van der Waals surface area contributed by atoms with Crippen LogP contribution in [0.15, 0.2) is 42.5 Å². The van der Waals surface area contributed by atoms with Crippen molar-refractivity contribution in [3.05, 3.63) is 59.7 Å². The van der Waals surface area contributed by atoms with Crippen LogP contribution in [-0.2, 0) is 0 Å². The maximum Gasteiger partial charge on any atom is 0.123 e. The van der Waals surface area contributed by atoms with Crippen LogP contribution in [0.4, 0.5) is 20.2 Å². The van der Waals surface area contributed by atoms with E-state index in [0.29, 0.717) is 12.0 Å². The molecular formula is C18H18F2N2. The highest BCUT2D eigenvalue weighted by Crippen LogP contribution is 2.48. The van der Waals surface area contributed by atoms with Gasteiger partial charge in [0, 0.05) is 29.9 Å². The summed E-state index contributed by atoms with van der Waals surface area (Å²) < 4.78 is 27.0. The minimum atomic E-state index is -0.234. The number of hydrogen-bond donors (Lipinski definition) is 0. The Morgan fingerprint density at radius 2 is 1.73 bits per heavy atom. The fourth-order valence-electron chi connectivity index (χ4n) is 3.87. The van der Waals surface area contributed by atoms with Crippen LogP contribution in [0.25, 0.3) is 0 Å². The van der Waals surface area contributed by atoms with Crippen LogP contribution < -0.4 is 4.90 Å². The molecule has 0 amide bonds. The molecule has 2 aromatic carbocycles. The predicted molar refractivity (Wildman–Crippen MR) is 83.6 cm³/mol. The fraction of sp³-hybridized carbons (Fsp3) is 0.333. The second-order valence-corrected chi connectivity index (χ2v) is 6.27. The van der Waals surface area contributed by atoms with Crippen molar-refractivity contribution in [1.82, 2.24) is 4.90 Å². The number of rotatable bonds is 1. The van der Waals surface area contributed by atoms with Gasteiger partial charge >= 0.3 is 0 Å². The van der Waals surface area contributed by atoms with Crippen molar-refractivity contribution in [2.24, 2.45) is 0 Å².